The molecule has 7 nitrogen and oxygen atoms in total. The number of halogens is 1. The first kappa shape index (κ1) is 23.9. The van der Waals surface area contributed by atoms with Gasteiger partial charge in [-0.3, -0.25) is 4.79 Å². The summed E-state index contributed by atoms with van der Waals surface area (Å²) in [6, 6.07) is 7.74. The maximum absolute atomic E-state index is 11.9. The van der Waals surface area contributed by atoms with Crippen LogP contribution in [0.2, 0.25) is 5.02 Å². The number of hydrogen-bond donors (Lipinski definition) is 1. The molecular weight excluding hydrogens is 428 g/mol. The van der Waals surface area contributed by atoms with Gasteiger partial charge in [-0.15, -0.1) is 0 Å². The Hall–Kier alpha value is -2.80. The fourth-order valence-electron chi connectivity index (χ4n) is 3.99. The van der Waals surface area contributed by atoms with E-state index in [1.807, 2.05) is 25.1 Å². The Morgan fingerprint density at radius 1 is 1.22 bits per heavy atom. The SMILES string of the molecule is CCOC(=O)CCCn1c(Nc2cccnc2OC)nc2c(Cl)ccc(C(CC)CC)c21. The van der Waals surface area contributed by atoms with Crippen molar-refractivity contribution in [3.8, 4) is 5.88 Å². The molecular formula is C24H31ClN4O3. The van der Waals surface area contributed by atoms with Crippen LogP contribution in [-0.4, -0.2) is 34.2 Å². The number of hydrogen-bond acceptors (Lipinski definition) is 6. The summed E-state index contributed by atoms with van der Waals surface area (Å²) < 4.78 is 12.6. The molecule has 0 unspecified atom stereocenters. The summed E-state index contributed by atoms with van der Waals surface area (Å²) in [6.07, 6.45) is 4.66. The van der Waals surface area contributed by atoms with E-state index < -0.39 is 0 Å². The van der Waals surface area contributed by atoms with E-state index in [0.29, 0.717) is 54.4 Å². The lowest BCUT2D eigenvalue weighted by Crippen LogP contribution is -2.10. The minimum absolute atomic E-state index is 0.196. The number of benzene rings is 1. The summed E-state index contributed by atoms with van der Waals surface area (Å²) in [6.45, 7) is 7.17. The number of carbonyl (C=O) groups excluding carboxylic acids is 1. The van der Waals surface area contributed by atoms with Gasteiger partial charge in [-0.1, -0.05) is 31.5 Å². The van der Waals surface area contributed by atoms with Gasteiger partial charge in [-0.05, 0) is 55.9 Å². The van der Waals surface area contributed by atoms with Gasteiger partial charge in [0.25, 0.3) is 0 Å². The Balaban J connectivity index is 2.09. The number of rotatable bonds is 11. The molecule has 0 amide bonds. The predicted octanol–water partition coefficient (Wildman–Crippen LogP) is 6.08. The van der Waals surface area contributed by atoms with Crippen LogP contribution in [-0.2, 0) is 16.1 Å². The average molecular weight is 459 g/mol. The first-order chi connectivity index (χ1) is 15.5. The maximum Gasteiger partial charge on any atom is 0.305 e. The number of anilines is 2. The molecule has 1 N–H and O–H groups in total. The maximum atomic E-state index is 11.9. The molecule has 0 aliphatic rings. The lowest BCUT2D eigenvalue weighted by molar-refractivity contribution is -0.143. The lowest BCUT2D eigenvalue weighted by atomic mass is 9.93. The molecule has 0 aliphatic carbocycles. The molecule has 2 aromatic heterocycles. The highest BCUT2D eigenvalue weighted by Crippen LogP contribution is 2.37. The van der Waals surface area contributed by atoms with Crippen molar-refractivity contribution in [1.82, 2.24) is 14.5 Å². The summed E-state index contributed by atoms with van der Waals surface area (Å²) in [7, 11) is 1.58. The van der Waals surface area contributed by atoms with E-state index in [4.69, 9.17) is 26.1 Å². The van der Waals surface area contributed by atoms with Gasteiger partial charge in [0.2, 0.25) is 11.8 Å². The van der Waals surface area contributed by atoms with Gasteiger partial charge >= 0.3 is 5.97 Å². The molecule has 0 aliphatic heterocycles. The summed E-state index contributed by atoms with van der Waals surface area (Å²) in [5.41, 5.74) is 3.67. The van der Waals surface area contributed by atoms with Crippen LogP contribution in [0, 0.1) is 0 Å². The molecule has 0 fully saturated rings. The number of imidazole rings is 1. The largest absolute Gasteiger partial charge is 0.480 e. The molecule has 0 saturated heterocycles. The Kier molecular flexibility index (Phi) is 8.33. The van der Waals surface area contributed by atoms with E-state index in [0.717, 1.165) is 23.9 Å². The minimum atomic E-state index is -0.196. The van der Waals surface area contributed by atoms with Crippen molar-refractivity contribution in [3.05, 3.63) is 41.0 Å². The van der Waals surface area contributed by atoms with Crippen molar-refractivity contribution in [3.63, 3.8) is 0 Å². The van der Waals surface area contributed by atoms with Gasteiger partial charge in [0.05, 0.1) is 24.3 Å². The Morgan fingerprint density at radius 2 is 2.00 bits per heavy atom. The Morgan fingerprint density at radius 3 is 2.69 bits per heavy atom. The molecule has 0 atom stereocenters. The van der Waals surface area contributed by atoms with E-state index in [1.54, 1.807) is 13.3 Å². The molecule has 3 rings (SSSR count). The molecule has 172 valence electrons. The van der Waals surface area contributed by atoms with E-state index >= 15 is 0 Å². The van der Waals surface area contributed by atoms with Gasteiger partial charge in [-0.2, -0.15) is 0 Å². The van der Waals surface area contributed by atoms with E-state index in [2.05, 4.69) is 34.8 Å². The Bertz CT molecular complexity index is 1060. The number of nitrogens with zero attached hydrogens (tertiary/aromatic N) is 3. The number of carbonyl (C=O) groups is 1. The number of esters is 1. The van der Waals surface area contributed by atoms with Crippen LogP contribution in [0.4, 0.5) is 11.6 Å². The van der Waals surface area contributed by atoms with Crippen molar-refractivity contribution in [2.24, 2.45) is 0 Å². The zero-order chi connectivity index (χ0) is 23.1. The number of pyridine rings is 1. The quantitative estimate of drug-likeness (QED) is 0.350. The molecule has 0 bridgehead atoms. The van der Waals surface area contributed by atoms with Crippen molar-refractivity contribution in [1.29, 1.82) is 0 Å². The first-order valence-electron chi connectivity index (χ1n) is 11.1. The number of fused-ring (bicyclic) bond motifs is 1. The van der Waals surface area contributed by atoms with Gasteiger partial charge in [-0.25, -0.2) is 9.97 Å². The van der Waals surface area contributed by atoms with E-state index in [1.165, 1.54) is 5.56 Å². The summed E-state index contributed by atoms with van der Waals surface area (Å²) >= 11 is 6.58. The summed E-state index contributed by atoms with van der Waals surface area (Å²) in [5.74, 6) is 1.30. The first-order valence-corrected chi connectivity index (χ1v) is 11.5. The highest BCUT2D eigenvalue weighted by atomic mass is 35.5. The normalized spacial score (nSPS) is 11.2. The molecule has 3 aromatic rings. The number of aromatic nitrogens is 3. The van der Waals surface area contributed by atoms with Crippen LogP contribution in [0.15, 0.2) is 30.5 Å². The van der Waals surface area contributed by atoms with Crippen LogP contribution in [0.3, 0.4) is 0 Å². The predicted molar refractivity (Wildman–Crippen MR) is 128 cm³/mol. The smallest absolute Gasteiger partial charge is 0.305 e. The third-order valence-corrected chi connectivity index (χ3v) is 5.89. The number of ether oxygens (including phenoxy) is 2. The van der Waals surface area contributed by atoms with Crippen LogP contribution in [0.5, 0.6) is 5.88 Å². The van der Waals surface area contributed by atoms with Crippen molar-refractivity contribution in [2.45, 2.75) is 58.9 Å². The van der Waals surface area contributed by atoms with Crippen LogP contribution >= 0.6 is 11.6 Å². The molecule has 2 heterocycles. The second-order valence-electron chi connectivity index (χ2n) is 7.53. The number of nitrogens with one attached hydrogen (secondary N) is 1. The second-order valence-corrected chi connectivity index (χ2v) is 7.94. The van der Waals surface area contributed by atoms with E-state index in [9.17, 15) is 4.79 Å². The molecule has 0 saturated carbocycles. The highest BCUT2D eigenvalue weighted by molar-refractivity contribution is 6.35. The van der Waals surface area contributed by atoms with Crippen LogP contribution in [0.1, 0.15) is 57.9 Å². The van der Waals surface area contributed by atoms with Gasteiger partial charge < -0.3 is 19.4 Å². The van der Waals surface area contributed by atoms with Gasteiger partial charge in [0.15, 0.2) is 0 Å². The molecule has 8 heteroatoms. The molecule has 0 spiro atoms. The zero-order valence-corrected chi connectivity index (χ0v) is 19.9. The summed E-state index contributed by atoms with van der Waals surface area (Å²) in [4.78, 5) is 21.0. The van der Waals surface area contributed by atoms with Crippen molar-refractivity contribution >= 4 is 40.2 Å². The topological polar surface area (TPSA) is 78.3 Å². The fourth-order valence-corrected chi connectivity index (χ4v) is 4.18. The van der Waals surface area contributed by atoms with Gasteiger partial charge in [0, 0.05) is 19.2 Å². The third-order valence-electron chi connectivity index (χ3n) is 5.58. The zero-order valence-electron chi connectivity index (χ0n) is 19.2. The fraction of sp³-hybridized carbons (Fsp3) is 0.458. The van der Waals surface area contributed by atoms with Crippen LogP contribution in [0.25, 0.3) is 11.0 Å². The monoisotopic (exact) mass is 458 g/mol. The number of aryl methyl sites for hydroxylation is 1. The third kappa shape index (κ3) is 5.15. The molecule has 1 aromatic carbocycles. The van der Waals surface area contributed by atoms with Gasteiger partial charge in [0.1, 0.15) is 11.2 Å². The minimum Gasteiger partial charge on any atom is -0.480 e. The second kappa shape index (κ2) is 11.2. The molecule has 32 heavy (non-hydrogen) atoms. The highest BCUT2D eigenvalue weighted by Gasteiger charge is 2.21. The lowest BCUT2D eigenvalue weighted by Gasteiger charge is -2.18. The van der Waals surface area contributed by atoms with Crippen LogP contribution < -0.4 is 10.1 Å². The number of methoxy groups -OCH3 is 1. The van der Waals surface area contributed by atoms with E-state index in [-0.39, 0.29) is 5.97 Å². The average Bonchev–Trinajstić information content (AvgIpc) is 3.15. The Labute approximate surface area is 194 Å². The molecule has 0 radical (unpaired) electrons. The van der Waals surface area contributed by atoms with Crippen molar-refractivity contribution < 1.29 is 14.3 Å². The standard InChI is InChI=1S/C24H31ClN4O3/c1-5-16(6-2)17-12-13-18(25)21-22(17)29(15-9-11-20(30)32-7-3)24(28-21)27-19-10-8-14-26-23(19)31-4/h8,10,12-14,16H,5-7,9,11,15H2,1-4H3,(H,27,28). The van der Waals surface area contributed by atoms with Crippen molar-refractivity contribution in [2.75, 3.05) is 19.0 Å². The summed E-state index contributed by atoms with van der Waals surface area (Å²) in [5, 5.41) is 3.96.